The quantitative estimate of drug-likeness (QED) is 0.889. The van der Waals surface area contributed by atoms with Gasteiger partial charge < -0.3 is 5.32 Å². The van der Waals surface area contributed by atoms with Crippen LogP contribution in [-0.4, -0.2) is 9.97 Å². The summed E-state index contributed by atoms with van der Waals surface area (Å²) in [4.78, 5) is 8.56. The molecule has 5 heteroatoms. The molecule has 0 saturated carbocycles. The number of aromatic nitrogens is 2. The van der Waals surface area contributed by atoms with E-state index >= 15 is 0 Å². The van der Waals surface area contributed by atoms with Crippen LogP contribution in [0.5, 0.6) is 0 Å². The first-order chi connectivity index (χ1) is 8.02. The van der Waals surface area contributed by atoms with Crippen LogP contribution in [0, 0.1) is 13.8 Å². The summed E-state index contributed by atoms with van der Waals surface area (Å²) in [7, 11) is 0. The molecule has 1 aromatic carbocycles. The Bertz CT molecular complexity index is 465. The van der Waals surface area contributed by atoms with E-state index in [9.17, 15) is 0 Å². The second-order valence-corrected chi connectivity index (χ2v) is 4.63. The number of aryl methyl sites for hydroxylation is 2. The van der Waals surface area contributed by atoms with Gasteiger partial charge in [0.15, 0.2) is 0 Å². The Hall–Kier alpha value is -1.32. The van der Waals surface area contributed by atoms with Crippen molar-refractivity contribution in [2.75, 3.05) is 5.32 Å². The highest BCUT2D eigenvalue weighted by atomic mass is 35.5. The molecule has 17 heavy (non-hydrogen) atoms. The molecule has 0 bridgehead atoms. The molecule has 0 unspecified atom stereocenters. The second kappa shape index (κ2) is 4.90. The third kappa shape index (κ3) is 3.32. The number of nitrogens with zero attached hydrogens (tertiary/aromatic N) is 2. The molecule has 3 nitrogen and oxygen atoms in total. The summed E-state index contributed by atoms with van der Waals surface area (Å²) < 4.78 is 0. The minimum absolute atomic E-state index is 0.542. The molecule has 1 aromatic heterocycles. The molecule has 0 aliphatic rings. The molecular weight excluding hydrogens is 257 g/mol. The SMILES string of the molecule is Cc1cc(C)nc(Nc2cc(Cl)cc(Cl)c2)n1. The van der Waals surface area contributed by atoms with Gasteiger partial charge in [-0.2, -0.15) is 0 Å². The van der Waals surface area contributed by atoms with Crippen LogP contribution >= 0.6 is 23.2 Å². The van der Waals surface area contributed by atoms with Crippen LogP contribution in [0.2, 0.25) is 10.0 Å². The molecule has 2 rings (SSSR count). The molecule has 0 fully saturated rings. The number of benzene rings is 1. The molecule has 88 valence electrons. The van der Waals surface area contributed by atoms with Crippen molar-refractivity contribution in [3.8, 4) is 0 Å². The van der Waals surface area contributed by atoms with Crippen molar-refractivity contribution in [2.24, 2.45) is 0 Å². The first-order valence-electron chi connectivity index (χ1n) is 5.08. The number of hydrogen-bond acceptors (Lipinski definition) is 3. The van der Waals surface area contributed by atoms with Crippen molar-refractivity contribution in [3.05, 3.63) is 45.7 Å². The van der Waals surface area contributed by atoms with Crippen LogP contribution in [0.1, 0.15) is 11.4 Å². The molecule has 0 aliphatic heterocycles. The monoisotopic (exact) mass is 267 g/mol. The van der Waals surface area contributed by atoms with Crippen molar-refractivity contribution in [3.63, 3.8) is 0 Å². The highest BCUT2D eigenvalue weighted by Crippen LogP contribution is 2.24. The van der Waals surface area contributed by atoms with E-state index in [1.807, 2.05) is 19.9 Å². The van der Waals surface area contributed by atoms with Crippen molar-refractivity contribution in [1.82, 2.24) is 9.97 Å². The lowest BCUT2D eigenvalue weighted by molar-refractivity contribution is 1.06. The van der Waals surface area contributed by atoms with E-state index in [1.54, 1.807) is 18.2 Å². The molecule has 0 atom stereocenters. The Labute approximate surface area is 110 Å². The lowest BCUT2D eigenvalue weighted by atomic mass is 10.3. The third-order valence-corrected chi connectivity index (χ3v) is 2.54. The summed E-state index contributed by atoms with van der Waals surface area (Å²) in [5, 5.41) is 4.22. The molecule has 0 amide bonds. The van der Waals surface area contributed by atoms with Crippen molar-refractivity contribution in [2.45, 2.75) is 13.8 Å². The van der Waals surface area contributed by atoms with E-state index in [0.29, 0.717) is 16.0 Å². The minimum Gasteiger partial charge on any atom is -0.324 e. The van der Waals surface area contributed by atoms with E-state index in [4.69, 9.17) is 23.2 Å². The Morgan fingerprint density at radius 3 is 1.94 bits per heavy atom. The van der Waals surface area contributed by atoms with Crippen molar-refractivity contribution >= 4 is 34.8 Å². The van der Waals surface area contributed by atoms with Crippen LogP contribution in [-0.2, 0) is 0 Å². The van der Waals surface area contributed by atoms with Gasteiger partial charge in [-0.25, -0.2) is 9.97 Å². The highest BCUT2D eigenvalue weighted by Gasteiger charge is 2.02. The van der Waals surface area contributed by atoms with Gasteiger partial charge in [-0.15, -0.1) is 0 Å². The van der Waals surface area contributed by atoms with Crippen LogP contribution in [0.15, 0.2) is 24.3 Å². The lowest BCUT2D eigenvalue weighted by Crippen LogP contribution is -1.99. The fourth-order valence-electron chi connectivity index (χ4n) is 1.54. The van der Waals surface area contributed by atoms with Gasteiger partial charge in [0.1, 0.15) is 0 Å². The fraction of sp³-hybridized carbons (Fsp3) is 0.167. The van der Waals surface area contributed by atoms with E-state index in [2.05, 4.69) is 15.3 Å². The topological polar surface area (TPSA) is 37.8 Å². The van der Waals surface area contributed by atoms with Gasteiger partial charge in [0.2, 0.25) is 5.95 Å². The zero-order valence-corrected chi connectivity index (χ0v) is 11.0. The van der Waals surface area contributed by atoms with E-state index in [-0.39, 0.29) is 0 Å². The molecule has 0 aliphatic carbocycles. The van der Waals surface area contributed by atoms with Gasteiger partial charge in [-0.05, 0) is 38.1 Å². The van der Waals surface area contributed by atoms with E-state index < -0.39 is 0 Å². The van der Waals surface area contributed by atoms with E-state index in [0.717, 1.165) is 17.1 Å². The molecule has 0 radical (unpaired) electrons. The molecule has 0 saturated heterocycles. The maximum absolute atomic E-state index is 5.91. The summed E-state index contributed by atoms with van der Waals surface area (Å²) in [5.74, 6) is 0.542. The number of hydrogen-bond donors (Lipinski definition) is 1. The predicted molar refractivity (Wildman–Crippen MR) is 71.3 cm³/mol. The van der Waals surface area contributed by atoms with Gasteiger partial charge in [-0.1, -0.05) is 23.2 Å². The maximum Gasteiger partial charge on any atom is 0.227 e. The van der Waals surface area contributed by atoms with Gasteiger partial charge in [0.25, 0.3) is 0 Å². The second-order valence-electron chi connectivity index (χ2n) is 3.76. The zero-order valence-electron chi connectivity index (χ0n) is 9.46. The molecule has 2 aromatic rings. The summed E-state index contributed by atoms with van der Waals surface area (Å²) >= 11 is 11.8. The number of nitrogens with one attached hydrogen (secondary N) is 1. The number of anilines is 2. The first-order valence-corrected chi connectivity index (χ1v) is 5.84. The summed E-state index contributed by atoms with van der Waals surface area (Å²) in [6.45, 7) is 3.84. The number of rotatable bonds is 2. The molecule has 0 spiro atoms. The van der Waals surface area contributed by atoms with Gasteiger partial charge in [0.05, 0.1) is 0 Å². The molecular formula is C12H11Cl2N3. The van der Waals surface area contributed by atoms with Crippen molar-refractivity contribution in [1.29, 1.82) is 0 Å². The molecule has 1 heterocycles. The summed E-state index contributed by atoms with van der Waals surface area (Å²) in [6, 6.07) is 7.13. The average molecular weight is 268 g/mol. The predicted octanol–water partition coefficient (Wildman–Crippen LogP) is 4.14. The highest BCUT2D eigenvalue weighted by molar-refractivity contribution is 6.35. The Morgan fingerprint density at radius 1 is 0.882 bits per heavy atom. The maximum atomic E-state index is 5.91. The Balaban J connectivity index is 2.31. The smallest absolute Gasteiger partial charge is 0.227 e. The van der Waals surface area contributed by atoms with Gasteiger partial charge in [-0.3, -0.25) is 0 Å². The first kappa shape index (κ1) is 12.1. The van der Waals surface area contributed by atoms with E-state index in [1.165, 1.54) is 0 Å². The van der Waals surface area contributed by atoms with Crippen LogP contribution in [0.25, 0.3) is 0 Å². The van der Waals surface area contributed by atoms with Crippen molar-refractivity contribution < 1.29 is 0 Å². The Morgan fingerprint density at radius 2 is 1.41 bits per heavy atom. The molecule has 1 N–H and O–H groups in total. The summed E-state index contributed by atoms with van der Waals surface area (Å²) in [5.41, 5.74) is 2.59. The van der Waals surface area contributed by atoms with Crippen LogP contribution in [0.3, 0.4) is 0 Å². The van der Waals surface area contributed by atoms with Crippen LogP contribution in [0.4, 0.5) is 11.6 Å². The normalized spacial score (nSPS) is 10.4. The standard InChI is InChI=1S/C12H11Cl2N3/c1-7-3-8(2)16-12(15-7)17-11-5-9(13)4-10(14)6-11/h3-6H,1-2H3,(H,15,16,17). The van der Waals surface area contributed by atoms with Gasteiger partial charge >= 0.3 is 0 Å². The average Bonchev–Trinajstić information content (AvgIpc) is 2.13. The number of halogens is 2. The van der Waals surface area contributed by atoms with Gasteiger partial charge in [0, 0.05) is 27.1 Å². The summed E-state index contributed by atoms with van der Waals surface area (Å²) in [6.07, 6.45) is 0. The third-order valence-electron chi connectivity index (χ3n) is 2.10. The lowest BCUT2D eigenvalue weighted by Gasteiger charge is -2.07. The minimum atomic E-state index is 0.542. The largest absolute Gasteiger partial charge is 0.324 e. The van der Waals surface area contributed by atoms with Crippen LogP contribution < -0.4 is 5.32 Å². The Kier molecular flexibility index (Phi) is 3.50. The zero-order chi connectivity index (χ0) is 12.4. The fourth-order valence-corrected chi connectivity index (χ4v) is 2.06.